The Kier molecular flexibility index (Phi) is 3.67. The fraction of sp³-hybridized carbons (Fsp3) is 0.500. The molecule has 0 saturated carbocycles. The lowest BCUT2D eigenvalue weighted by atomic mass is 9.77. The number of benzene rings is 1. The quantitative estimate of drug-likeness (QED) is 0.702. The highest BCUT2D eigenvalue weighted by molar-refractivity contribution is 6.49. The van der Waals surface area contributed by atoms with Gasteiger partial charge in [-0.25, -0.2) is 0 Å². The third kappa shape index (κ3) is 2.69. The molecule has 0 heterocycles. The maximum atomic E-state index is 6.24. The fourth-order valence-electron chi connectivity index (χ4n) is 2.53. The van der Waals surface area contributed by atoms with E-state index < -0.39 is 9.04 Å². The zero-order valence-electron chi connectivity index (χ0n) is 12.1. The maximum absolute atomic E-state index is 6.24. The third-order valence-corrected chi connectivity index (χ3v) is 4.00. The van der Waals surface area contributed by atoms with Gasteiger partial charge in [0.2, 0.25) is 0 Å². The smallest absolute Gasteiger partial charge is 0.274 e. The van der Waals surface area contributed by atoms with Crippen LogP contribution in [0.1, 0.15) is 38.3 Å². The van der Waals surface area contributed by atoms with Gasteiger partial charge in [0.05, 0.1) is 0 Å². The molecule has 1 radical (unpaired) electrons. The highest BCUT2D eigenvalue weighted by Crippen LogP contribution is 2.41. The molecular weight excluding hydrogens is 236 g/mol. The van der Waals surface area contributed by atoms with Crippen LogP contribution in [-0.2, 0) is 10.8 Å². The second kappa shape index (κ2) is 4.92. The molecule has 0 amide bonds. The van der Waals surface area contributed by atoms with Gasteiger partial charge in [-0.05, 0) is 42.5 Å². The number of hydrogen-bond donors (Lipinski definition) is 0. The van der Waals surface area contributed by atoms with E-state index >= 15 is 0 Å². The first-order valence-electron chi connectivity index (χ1n) is 6.69. The van der Waals surface area contributed by atoms with Crippen molar-refractivity contribution in [2.75, 3.05) is 0 Å². The van der Waals surface area contributed by atoms with Crippen LogP contribution in [0.2, 0.25) is 13.1 Å². The van der Waals surface area contributed by atoms with E-state index in [1.165, 1.54) is 22.5 Å². The van der Waals surface area contributed by atoms with Crippen molar-refractivity contribution in [2.45, 2.75) is 46.7 Å². The van der Waals surface area contributed by atoms with Crippen molar-refractivity contribution >= 4 is 14.8 Å². The first-order valence-corrected chi connectivity index (χ1v) is 9.10. The van der Waals surface area contributed by atoms with Crippen LogP contribution in [0.4, 0.5) is 0 Å². The van der Waals surface area contributed by atoms with Crippen LogP contribution in [0.3, 0.4) is 0 Å². The van der Waals surface area contributed by atoms with Gasteiger partial charge in [0.1, 0.15) is 5.76 Å². The van der Waals surface area contributed by atoms with Crippen LogP contribution in [0.15, 0.2) is 29.8 Å². The summed E-state index contributed by atoms with van der Waals surface area (Å²) in [4.78, 5) is 0. The minimum atomic E-state index is -0.725. The lowest BCUT2D eigenvalue weighted by Gasteiger charge is -2.32. The molecule has 1 nitrogen and oxygen atoms in total. The van der Waals surface area contributed by atoms with E-state index in [-0.39, 0.29) is 5.41 Å². The molecule has 1 aliphatic carbocycles. The highest BCUT2D eigenvalue weighted by Gasteiger charge is 2.28. The Balaban J connectivity index is 2.54. The highest BCUT2D eigenvalue weighted by atomic mass is 28.3. The predicted molar refractivity (Wildman–Crippen MR) is 79.7 cm³/mol. The summed E-state index contributed by atoms with van der Waals surface area (Å²) in [7, 11) is -0.725. The molecule has 18 heavy (non-hydrogen) atoms. The molecule has 0 aromatic heterocycles. The maximum Gasteiger partial charge on any atom is 0.274 e. The summed E-state index contributed by atoms with van der Waals surface area (Å²) in [5.74, 6) is 1.17. The summed E-state index contributed by atoms with van der Waals surface area (Å²) in [6, 6.07) is 8.68. The summed E-state index contributed by atoms with van der Waals surface area (Å²) >= 11 is 0. The topological polar surface area (TPSA) is 9.23 Å². The van der Waals surface area contributed by atoms with Gasteiger partial charge in [-0.3, -0.25) is 0 Å². The van der Waals surface area contributed by atoms with E-state index in [4.69, 9.17) is 4.43 Å². The standard InChI is InChI=1S/C16H23OSi/c1-16(2,3)14-11-10-12-8-6-7-9-13(12)15(14)17-18(4)5/h6-9H,10-11H2,1-5H3. The van der Waals surface area contributed by atoms with Crippen molar-refractivity contribution in [3.8, 4) is 0 Å². The third-order valence-electron chi connectivity index (χ3n) is 3.39. The van der Waals surface area contributed by atoms with Crippen molar-refractivity contribution in [1.82, 2.24) is 0 Å². The second-order valence-corrected chi connectivity index (χ2v) is 8.25. The van der Waals surface area contributed by atoms with E-state index in [0.717, 1.165) is 12.8 Å². The van der Waals surface area contributed by atoms with Crippen LogP contribution < -0.4 is 0 Å². The Labute approximate surface area is 113 Å². The molecule has 0 aliphatic heterocycles. The molecule has 0 bridgehead atoms. The second-order valence-electron chi connectivity index (χ2n) is 6.23. The minimum Gasteiger partial charge on any atom is -0.542 e. The molecule has 2 rings (SSSR count). The van der Waals surface area contributed by atoms with Crippen LogP contribution in [0.5, 0.6) is 0 Å². The monoisotopic (exact) mass is 259 g/mol. The number of fused-ring (bicyclic) bond motifs is 1. The largest absolute Gasteiger partial charge is 0.542 e. The molecule has 0 unspecified atom stereocenters. The Morgan fingerprint density at radius 2 is 1.72 bits per heavy atom. The lowest BCUT2D eigenvalue weighted by molar-refractivity contribution is 0.442. The predicted octanol–water partition coefficient (Wildman–Crippen LogP) is 4.66. The van der Waals surface area contributed by atoms with E-state index in [0.29, 0.717) is 0 Å². The van der Waals surface area contributed by atoms with Crippen molar-refractivity contribution in [1.29, 1.82) is 0 Å². The van der Waals surface area contributed by atoms with E-state index in [1.807, 2.05) is 0 Å². The SMILES string of the molecule is C[Si](C)OC1=C(C(C)(C)C)CCc2ccccc21. The number of aryl methyl sites for hydroxylation is 1. The Morgan fingerprint density at radius 3 is 2.33 bits per heavy atom. The van der Waals surface area contributed by atoms with Gasteiger partial charge in [-0.15, -0.1) is 0 Å². The number of rotatable bonds is 2. The number of allylic oxidation sites excluding steroid dienone is 1. The Hall–Kier alpha value is -1.02. The van der Waals surface area contributed by atoms with Crippen LogP contribution in [0.25, 0.3) is 5.76 Å². The zero-order valence-corrected chi connectivity index (χ0v) is 13.1. The molecule has 0 saturated heterocycles. The Bertz CT molecular complexity index is 466. The van der Waals surface area contributed by atoms with Crippen molar-refractivity contribution in [3.05, 3.63) is 41.0 Å². The Morgan fingerprint density at radius 1 is 1.06 bits per heavy atom. The summed E-state index contributed by atoms with van der Waals surface area (Å²) in [5.41, 5.74) is 4.43. The van der Waals surface area contributed by atoms with Crippen molar-refractivity contribution in [2.24, 2.45) is 5.41 Å². The molecule has 97 valence electrons. The zero-order chi connectivity index (χ0) is 13.3. The molecule has 1 aromatic rings. The molecule has 0 fully saturated rings. The van der Waals surface area contributed by atoms with Gasteiger partial charge in [0, 0.05) is 5.56 Å². The first kappa shape index (κ1) is 13.4. The minimum absolute atomic E-state index is 0.195. The van der Waals surface area contributed by atoms with E-state index in [1.54, 1.807) is 0 Å². The average Bonchev–Trinajstić information content (AvgIpc) is 2.27. The van der Waals surface area contributed by atoms with Gasteiger partial charge in [-0.1, -0.05) is 45.0 Å². The summed E-state index contributed by atoms with van der Waals surface area (Å²) in [6.45, 7) is 11.3. The van der Waals surface area contributed by atoms with Gasteiger partial charge >= 0.3 is 0 Å². The fourth-order valence-corrected chi connectivity index (χ4v) is 3.17. The van der Waals surface area contributed by atoms with Crippen LogP contribution >= 0.6 is 0 Å². The molecule has 0 atom stereocenters. The molecule has 0 spiro atoms. The summed E-state index contributed by atoms with van der Waals surface area (Å²) < 4.78 is 6.24. The average molecular weight is 259 g/mol. The van der Waals surface area contributed by atoms with Gasteiger partial charge in [-0.2, -0.15) is 0 Å². The molecule has 1 aromatic carbocycles. The molecule has 0 N–H and O–H groups in total. The van der Waals surface area contributed by atoms with Gasteiger partial charge in [0.15, 0.2) is 0 Å². The van der Waals surface area contributed by atoms with Crippen molar-refractivity contribution < 1.29 is 4.43 Å². The molecular formula is C16H23OSi. The summed E-state index contributed by atoms with van der Waals surface area (Å²) in [6.07, 6.45) is 2.27. The number of hydrogen-bond acceptors (Lipinski definition) is 1. The first-order chi connectivity index (χ1) is 8.39. The van der Waals surface area contributed by atoms with Gasteiger partial charge < -0.3 is 4.43 Å². The van der Waals surface area contributed by atoms with Gasteiger partial charge in [0.25, 0.3) is 9.04 Å². The van der Waals surface area contributed by atoms with Crippen LogP contribution in [0, 0.1) is 5.41 Å². The van der Waals surface area contributed by atoms with E-state index in [9.17, 15) is 0 Å². The molecule has 2 heteroatoms. The molecule has 1 aliphatic rings. The van der Waals surface area contributed by atoms with Crippen molar-refractivity contribution in [3.63, 3.8) is 0 Å². The summed E-state index contributed by atoms with van der Waals surface area (Å²) in [5, 5.41) is 0. The normalized spacial score (nSPS) is 15.9. The van der Waals surface area contributed by atoms with Crippen LogP contribution in [-0.4, -0.2) is 9.04 Å². The van der Waals surface area contributed by atoms with E-state index in [2.05, 4.69) is 58.1 Å². The lowest BCUT2D eigenvalue weighted by Crippen LogP contribution is -2.20.